The van der Waals surface area contributed by atoms with Crippen LogP contribution in [0.2, 0.25) is 0 Å². The number of rotatable bonds is 4. The molecule has 2 heteroatoms. The Bertz CT molecular complexity index is 725. The number of aldehydes is 1. The van der Waals surface area contributed by atoms with Crippen LogP contribution in [0.3, 0.4) is 0 Å². The summed E-state index contributed by atoms with van der Waals surface area (Å²) < 4.78 is 0. The predicted molar refractivity (Wildman–Crippen MR) is 87.3 cm³/mol. The van der Waals surface area contributed by atoms with Crippen molar-refractivity contribution in [3.8, 4) is 5.75 Å². The molecule has 0 spiro atoms. The Morgan fingerprint density at radius 3 is 1.77 bits per heavy atom. The Labute approximate surface area is 129 Å². The van der Waals surface area contributed by atoms with Gasteiger partial charge in [0.2, 0.25) is 0 Å². The summed E-state index contributed by atoms with van der Waals surface area (Å²) in [5.74, 6) is 0.0745. The highest BCUT2D eigenvalue weighted by atomic mass is 16.3. The first kappa shape index (κ1) is 14.1. The van der Waals surface area contributed by atoms with E-state index < -0.39 is 0 Å². The van der Waals surface area contributed by atoms with E-state index in [1.54, 1.807) is 6.07 Å². The van der Waals surface area contributed by atoms with Gasteiger partial charge >= 0.3 is 0 Å². The van der Waals surface area contributed by atoms with Crippen molar-refractivity contribution >= 4 is 6.29 Å². The van der Waals surface area contributed by atoms with Gasteiger partial charge in [-0.05, 0) is 17.2 Å². The lowest BCUT2D eigenvalue weighted by atomic mass is 9.84. The summed E-state index contributed by atoms with van der Waals surface area (Å²) in [6, 6.07) is 25.2. The monoisotopic (exact) mass is 288 g/mol. The number of hydrogen-bond donors (Lipinski definition) is 1. The van der Waals surface area contributed by atoms with Gasteiger partial charge < -0.3 is 5.11 Å². The summed E-state index contributed by atoms with van der Waals surface area (Å²) in [6.45, 7) is 0. The molecular formula is C20H16O2. The van der Waals surface area contributed by atoms with Crippen molar-refractivity contribution in [2.75, 3.05) is 0 Å². The van der Waals surface area contributed by atoms with Gasteiger partial charge in [0.1, 0.15) is 12.0 Å². The molecule has 0 fully saturated rings. The molecule has 0 unspecified atom stereocenters. The van der Waals surface area contributed by atoms with Crippen LogP contribution in [0.15, 0.2) is 78.9 Å². The number of hydrogen-bond acceptors (Lipinski definition) is 2. The summed E-state index contributed by atoms with van der Waals surface area (Å²) in [5.41, 5.74) is 3.47. The van der Waals surface area contributed by atoms with Crippen LogP contribution >= 0.6 is 0 Å². The van der Waals surface area contributed by atoms with Gasteiger partial charge in [-0.3, -0.25) is 4.79 Å². The molecule has 0 atom stereocenters. The second kappa shape index (κ2) is 6.27. The second-order valence-corrected chi connectivity index (χ2v) is 5.19. The fourth-order valence-electron chi connectivity index (χ4n) is 2.72. The fraction of sp³-hybridized carbons (Fsp3) is 0.0500. The number of carbonyl (C=O) groups excluding carboxylic acids is 1. The molecule has 0 radical (unpaired) electrons. The van der Waals surface area contributed by atoms with E-state index >= 15 is 0 Å². The molecule has 3 aromatic carbocycles. The Hall–Kier alpha value is -2.87. The van der Waals surface area contributed by atoms with Gasteiger partial charge in [0.05, 0.1) is 0 Å². The average Bonchev–Trinajstić information content (AvgIpc) is 2.58. The Kier molecular flexibility index (Phi) is 4.01. The summed E-state index contributed by atoms with van der Waals surface area (Å²) >= 11 is 0. The number of phenolic OH excluding ortho intramolecular Hbond substituents is 1. The number of phenols is 1. The predicted octanol–water partition coefficient (Wildman–Crippen LogP) is 4.38. The lowest BCUT2D eigenvalue weighted by Crippen LogP contribution is -2.04. The van der Waals surface area contributed by atoms with E-state index in [0.717, 1.165) is 23.0 Å². The molecule has 22 heavy (non-hydrogen) atoms. The SMILES string of the molecule is O=Cc1ccc(C(c2ccccc2)c2ccccc2)c(O)c1. The summed E-state index contributed by atoms with van der Waals surface area (Å²) in [5, 5.41) is 10.4. The van der Waals surface area contributed by atoms with E-state index in [9.17, 15) is 9.90 Å². The minimum Gasteiger partial charge on any atom is -0.508 e. The lowest BCUT2D eigenvalue weighted by Gasteiger charge is -2.20. The maximum atomic E-state index is 10.9. The molecule has 0 aliphatic carbocycles. The molecule has 0 aromatic heterocycles. The van der Waals surface area contributed by atoms with Crippen LogP contribution in [0.4, 0.5) is 0 Å². The van der Waals surface area contributed by atoms with Crippen LogP contribution in [0.25, 0.3) is 0 Å². The maximum Gasteiger partial charge on any atom is 0.150 e. The fourth-order valence-corrected chi connectivity index (χ4v) is 2.72. The third kappa shape index (κ3) is 2.77. The molecule has 3 aromatic rings. The van der Waals surface area contributed by atoms with E-state index in [-0.39, 0.29) is 11.7 Å². The molecule has 0 saturated carbocycles. The van der Waals surface area contributed by atoms with Gasteiger partial charge in [0.15, 0.2) is 0 Å². The van der Waals surface area contributed by atoms with Crippen molar-refractivity contribution in [2.45, 2.75) is 5.92 Å². The third-order valence-electron chi connectivity index (χ3n) is 3.77. The molecule has 0 amide bonds. The van der Waals surface area contributed by atoms with Crippen molar-refractivity contribution in [2.24, 2.45) is 0 Å². The van der Waals surface area contributed by atoms with Crippen molar-refractivity contribution in [1.29, 1.82) is 0 Å². The standard InChI is InChI=1S/C20H16O2/c21-14-15-11-12-18(19(22)13-15)20(16-7-3-1-4-8-16)17-9-5-2-6-10-17/h1-14,20,22H. The summed E-state index contributed by atoms with van der Waals surface area (Å²) in [7, 11) is 0. The topological polar surface area (TPSA) is 37.3 Å². The first-order chi connectivity index (χ1) is 10.8. The highest BCUT2D eigenvalue weighted by molar-refractivity contribution is 5.76. The zero-order valence-electron chi connectivity index (χ0n) is 12.0. The van der Waals surface area contributed by atoms with E-state index in [0.29, 0.717) is 5.56 Å². The van der Waals surface area contributed by atoms with E-state index in [4.69, 9.17) is 0 Å². The second-order valence-electron chi connectivity index (χ2n) is 5.19. The average molecular weight is 288 g/mol. The molecular weight excluding hydrogens is 272 g/mol. The normalized spacial score (nSPS) is 10.6. The van der Waals surface area contributed by atoms with Crippen LogP contribution in [0.1, 0.15) is 33.0 Å². The molecule has 0 saturated heterocycles. The molecule has 3 rings (SSSR count). The quantitative estimate of drug-likeness (QED) is 0.571. The Balaban J connectivity index is 2.16. The molecule has 1 N–H and O–H groups in total. The zero-order valence-corrected chi connectivity index (χ0v) is 12.0. The number of carbonyl (C=O) groups is 1. The van der Waals surface area contributed by atoms with E-state index in [1.807, 2.05) is 66.7 Å². The zero-order chi connectivity index (χ0) is 15.4. The molecule has 0 aliphatic rings. The Morgan fingerprint density at radius 1 is 0.773 bits per heavy atom. The van der Waals surface area contributed by atoms with Gasteiger partial charge in [-0.2, -0.15) is 0 Å². The van der Waals surface area contributed by atoms with Crippen molar-refractivity contribution < 1.29 is 9.90 Å². The van der Waals surface area contributed by atoms with Crippen LogP contribution in [0.5, 0.6) is 5.75 Å². The van der Waals surface area contributed by atoms with Crippen LogP contribution in [0, 0.1) is 0 Å². The maximum absolute atomic E-state index is 10.9. The van der Waals surface area contributed by atoms with E-state index in [1.165, 1.54) is 6.07 Å². The van der Waals surface area contributed by atoms with Crippen molar-refractivity contribution in [3.63, 3.8) is 0 Å². The smallest absolute Gasteiger partial charge is 0.150 e. The van der Waals surface area contributed by atoms with Gasteiger partial charge in [0, 0.05) is 17.0 Å². The van der Waals surface area contributed by atoms with Gasteiger partial charge in [-0.15, -0.1) is 0 Å². The highest BCUT2D eigenvalue weighted by Crippen LogP contribution is 2.36. The summed E-state index contributed by atoms with van der Waals surface area (Å²) in [6.07, 6.45) is 0.740. The minimum absolute atomic E-state index is 0.0666. The first-order valence-electron chi connectivity index (χ1n) is 7.17. The molecule has 0 bridgehead atoms. The molecule has 0 aliphatic heterocycles. The molecule has 108 valence electrons. The van der Waals surface area contributed by atoms with Crippen molar-refractivity contribution in [3.05, 3.63) is 101 Å². The lowest BCUT2D eigenvalue weighted by molar-refractivity contribution is 0.112. The summed E-state index contributed by atoms with van der Waals surface area (Å²) in [4.78, 5) is 10.9. The number of aromatic hydroxyl groups is 1. The van der Waals surface area contributed by atoms with Crippen LogP contribution < -0.4 is 0 Å². The largest absolute Gasteiger partial charge is 0.508 e. The number of benzene rings is 3. The minimum atomic E-state index is -0.0666. The highest BCUT2D eigenvalue weighted by Gasteiger charge is 2.19. The molecule has 0 heterocycles. The third-order valence-corrected chi connectivity index (χ3v) is 3.77. The molecule has 2 nitrogen and oxygen atoms in total. The van der Waals surface area contributed by atoms with Gasteiger partial charge in [-0.25, -0.2) is 0 Å². The van der Waals surface area contributed by atoms with Crippen LogP contribution in [-0.4, -0.2) is 11.4 Å². The Morgan fingerprint density at radius 2 is 1.32 bits per heavy atom. The first-order valence-corrected chi connectivity index (χ1v) is 7.17. The van der Waals surface area contributed by atoms with Gasteiger partial charge in [0.25, 0.3) is 0 Å². The van der Waals surface area contributed by atoms with Gasteiger partial charge in [-0.1, -0.05) is 72.8 Å². The van der Waals surface area contributed by atoms with Crippen LogP contribution in [-0.2, 0) is 0 Å². The van der Waals surface area contributed by atoms with E-state index in [2.05, 4.69) is 0 Å². The van der Waals surface area contributed by atoms with Crippen molar-refractivity contribution in [1.82, 2.24) is 0 Å².